The number of H-pyrrole nitrogens is 1. The molecule has 0 unspecified atom stereocenters. The zero-order valence-corrected chi connectivity index (χ0v) is 13.1. The van der Waals surface area contributed by atoms with E-state index in [4.69, 9.17) is 9.47 Å². The maximum absolute atomic E-state index is 5.93. The minimum atomic E-state index is 0.641. The molecule has 1 N–H and O–H groups in total. The lowest BCUT2D eigenvalue weighted by Crippen LogP contribution is -2.02. The average Bonchev–Trinajstić information content (AvgIpc) is 2.92. The Morgan fingerprint density at radius 3 is 2.55 bits per heavy atom. The molecule has 0 amide bonds. The molecule has 0 saturated carbocycles. The number of methoxy groups -OCH3 is 1. The molecular weight excluding hydrogens is 276 g/mol. The third-order valence-corrected chi connectivity index (χ3v) is 3.78. The molecule has 0 fully saturated rings. The van der Waals surface area contributed by atoms with Crippen molar-refractivity contribution in [2.24, 2.45) is 0 Å². The van der Waals surface area contributed by atoms with Crippen molar-refractivity contribution < 1.29 is 9.47 Å². The van der Waals surface area contributed by atoms with E-state index in [1.54, 1.807) is 7.11 Å². The summed E-state index contributed by atoms with van der Waals surface area (Å²) in [6.45, 7) is 4.65. The third kappa shape index (κ3) is 2.91. The lowest BCUT2D eigenvalue weighted by atomic mass is 10.1. The van der Waals surface area contributed by atoms with Gasteiger partial charge in [0.25, 0.3) is 0 Å². The lowest BCUT2D eigenvalue weighted by molar-refractivity contribution is 0.320. The van der Waals surface area contributed by atoms with Gasteiger partial charge in [-0.1, -0.05) is 12.1 Å². The highest BCUT2D eigenvalue weighted by Crippen LogP contribution is 2.25. The standard InChI is InChI=1S/C18H20N2O2/c1-12-17(9-8-16-18(12)20-13(2)19-16)22-11-10-14-4-6-15(21-3)7-5-14/h4-9H,10-11H2,1-3H3,(H,19,20). The quantitative estimate of drug-likeness (QED) is 0.779. The molecule has 4 heteroatoms. The number of hydrogen-bond donors (Lipinski definition) is 1. The highest BCUT2D eigenvalue weighted by molar-refractivity contribution is 5.81. The molecule has 114 valence electrons. The number of aromatic nitrogens is 2. The van der Waals surface area contributed by atoms with Crippen molar-refractivity contribution >= 4 is 11.0 Å². The normalized spacial score (nSPS) is 10.9. The zero-order chi connectivity index (χ0) is 15.5. The van der Waals surface area contributed by atoms with Crippen LogP contribution in [0.3, 0.4) is 0 Å². The van der Waals surface area contributed by atoms with Crippen LogP contribution in [0.1, 0.15) is 17.0 Å². The Morgan fingerprint density at radius 2 is 1.82 bits per heavy atom. The Labute approximate surface area is 130 Å². The van der Waals surface area contributed by atoms with Crippen LogP contribution < -0.4 is 9.47 Å². The highest BCUT2D eigenvalue weighted by Gasteiger charge is 2.08. The number of aryl methyl sites for hydroxylation is 2. The number of nitrogens with zero attached hydrogens (tertiary/aromatic N) is 1. The fourth-order valence-electron chi connectivity index (χ4n) is 2.54. The first kappa shape index (κ1) is 14.4. The second kappa shape index (κ2) is 6.10. The summed E-state index contributed by atoms with van der Waals surface area (Å²) in [5, 5.41) is 0. The number of benzene rings is 2. The molecule has 3 aromatic rings. The van der Waals surface area contributed by atoms with Crippen LogP contribution in [0.4, 0.5) is 0 Å². The number of aromatic amines is 1. The summed E-state index contributed by atoms with van der Waals surface area (Å²) in [6, 6.07) is 12.1. The number of rotatable bonds is 5. The van der Waals surface area contributed by atoms with Crippen molar-refractivity contribution in [3.8, 4) is 11.5 Å². The zero-order valence-electron chi connectivity index (χ0n) is 13.1. The maximum Gasteiger partial charge on any atom is 0.124 e. The summed E-state index contributed by atoms with van der Waals surface area (Å²) in [6.07, 6.45) is 0.862. The van der Waals surface area contributed by atoms with Gasteiger partial charge in [0.1, 0.15) is 17.3 Å². The number of ether oxygens (including phenoxy) is 2. The predicted molar refractivity (Wildman–Crippen MR) is 87.8 cm³/mol. The van der Waals surface area contributed by atoms with Crippen molar-refractivity contribution in [3.63, 3.8) is 0 Å². The molecule has 0 bridgehead atoms. The van der Waals surface area contributed by atoms with Crippen molar-refractivity contribution in [1.29, 1.82) is 0 Å². The smallest absolute Gasteiger partial charge is 0.124 e. The monoisotopic (exact) mass is 296 g/mol. The predicted octanol–water partition coefficient (Wildman–Crippen LogP) is 3.81. The van der Waals surface area contributed by atoms with Gasteiger partial charge in [0.15, 0.2) is 0 Å². The van der Waals surface area contributed by atoms with Crippen LogP contribution in [0, 0.1) is 13.8 Å². The van der Waals surface area contributed by atoms with Gasteiger partial charge in [-0.3, -0.25) is 0 Å². The molecule has 0 atom stereocenters. The molecule has 0 aliphatic heterocycles. The number of hydrogen-bond acceptors (Lipinski definition) is 3. The first-order valence-corrected chi connectivity index (χ1v) is 7.39. The van der Waals surface area contributed by atoms with Crippen LogP contribution in [0.5, 0.6) is 11.5 Å². The summed E-state index contributed by atoms with van der Waals surface area (Å²) in [5.74, 6) is 2.70. The van der Waals surface area contributed by atoms with Crippen LogP contribution in [0.15, 0.2) is 36.4 Å². The largest absolute Gasteiger partial charge is 0.497 e. The Balaban J connectivity index is 1.67. The summed E-state index contributed by atoms with van der Waals surface area (Å²) in [5.41, 5.74) is 4.35. The molecule has 1 heterocycles. The van der Waals surface area contributed by atoms with Crippen LogP contribution in [-0.2, 0) is 6.42 Å². The van der Waals surface area contributed by atoms with E-state index in [2.05, 4.69) is 22.1 Å². The van der Waals surface area contributed by atoms with Crippen LogP contribution in [-0.4, -0.2) is 23.7 Å². The Morgan fingerprint density at radius 1 is 1.05 bits per heavy atom. The van der Waals surface area contributed by atoms with Crippen molar-refractivity contribution in [1.82, 2.24) is 9.97 Å². The van der Waals surface area contributed by atoms with Gasteiger partial charge in [-0.05, 0) is 43.7 Å². The summed E-state index contributed by atoms with van der Waals surface area (Å²) >= 11 is 0. The number of fused-ring (bicyclic) bond motifs is 1. The first-order valence-electron chi connectivity index (χ1n) is 7.39. The molecule has 3 rings (SSSR count). The number of imidazole rings is 1. The van der Waals surface area contributed by atoms with Crippen LogP contribution in [0.2, 0.25) is 0 Å². The van der Waals surface area contributed by atoms with Gasteiger partial charge < -0.3 is 14.5 Å². The van der Waals surface area contributed by atoms with Crippen LogP contribution >= 0.6 is 0 Å². The molecule has 1 aromatic heterocycles. The van der Waals surface area contributed by atoms with Gasteiger partial charge >= 0.3 is 0 Å². The summed E-state index contributed by atoms with van der Waals surface area (Å²) < 4.78 is 11.1. The lowest BCUT2D eigenvalue weighted by Gasteiger charge is -2.09. The van der Waals surface area contributed by atoms with Gasteiger partial charge in [-0.25, -0.2) is 4.98 Å². The van der Waals surface area contributed by atoms with E-state index in [9.17, 15) is 0 Å². The minimum absolute atomic E-state index is 0.641. The molecule has 22 heavy (non-hydrogen) atoms. The topological polar surface area (TPSA) is 47.1 Å². The highest BCUT2D eigenvalue weighted by atomic mass is 16.5. The average molecular weight is 296 g/mol. The molecule has 0 aliphatic carbocycles. The van der Waals surface area contributed by atoms with E-state index in [0.29, 0.717) is 6.61 Å². The minimum Gasteiger partial charge on any atom is -0.497 e. The Hall–Kier alpha value is -2.49. The van der Waals surface area contributed by atoms with Crippen LogP contribution in [0.25, 0.3) is 11.0 Å². The van der Waals surface area contributed by atoms with Gasteiger partial charge in [-0.2, -0.15) is 0 Å². The second-order valence-corrected chi connectivity index (χ2v) is 5.35. The van der Waals surface area contributed by atoms with Crippen molar-refractivity contribution in [2.45, 2.75) is 20.3 Å². The fraction of sp³-hybridized carbons (Fsp3) is 0.278. The molecule has 0 radical (unpaired) electrons. The molecule has 0 saturated heterocycles. The Bertz CT molecular complexity index is 776. The molecule has 2 aromatic carbocycles. The summed E-state index contributed by atoms with van der Waals surface area (Å²) in [4.78, 5) is 7.75. The van der Waals surface area contributed by atoms with E-state index in [0.717, 1.165) is 40.3 Å². The Kier molecular flexibility index (Phi) is 4.00. The van der Waals surface area contributed by atoms with E-state index < -0.39 is 0 Å². The molecular formula is C18H20N2O2. The van der Waals surface area contributed by atoms with Gasteiger partial charge in [0.2, 0.25) is 0 Å². The fourth-order valence-corrected chi connectivity index (χ4v) is 2.54. The molecule has 0 spiro atoms. The summed E-state index contributed by atoms with van der Waals surface area (Å²) in [7, 11) is 1.67. The van der Waals surface area contributed by atoms with Gasteiger partial charge in [0.05, 0.1) is 24.8 Å². The molecule has 4 nitrogen and oxygen atoms in total. The van der Waals surface area contributed by atoms with Crippen molar-refractivity contribution in [2.75, 3.05) is 13.7 Å². The SMILES string of the molecule is COc1ccc(CCOc2ccc3[nH]c(C)nc3c2C)cc1. The van der Waals surface area contributed by atoms with E-state index >= 15 is 0 Å². The van der Waals surface area contributed by atoms with E-state index in [1.807, 2.05) is 38.1 Å². The second-order valence-electron chi connectivity index (χ2n) is 5.35. The van der Waals surface area contributed by atoms with E-state index in [1.165, 1.54) is 5.56 Å². The maximum atomic E-state index is 5.93. The van der Waals surface area contributed by atoms with E-state index in [-0.39, 0.29) is 0 Å². The van der Waals surface area contributed by atoms with Crippen molar-refractivity contribution in [3.05, 3.63) is 53.3 Å². The number of nitrogens with one attached hydrogen (secondary N) is 1. The first-order chi connectivity index (χ1) is 10.7. The third-order valence-electron chi connectivity index (χ3n) is 3.78. The van der Waals surface area contributed by atoms with Gasteiger partial charge in [0, 0.05) is 12.0 Å². The van der Waals surface area contributed by atoms with Gasteiger partial charge in [-0.15, -0.1) is 0 Å². The molecule has 0 aliphatic rings.